The summed E-state index contributed by atoms with van der Waals surface area (Å²) in [7, 11) is 0. The van der Waals surface area contributed by atoms with Gasteiger partial charge >= 0.3 is 0 Å². The summed E-state index contributed by atoms with van der Waals surface area (Å²) in [5.74, 6) is 0. The molecule has 0 aliphatic heterocycles. The van der Waals surface area contributed by atoms with E-state index in [1.807, 2.05) is 47.6 Å². The molecule has 1 aromatic carbocycles. The summed E-state index contributed by atoms with van der Waals surface area (Å²) in [5, 5.41) is 5.82. The van der Waals surface area contributed by atoms with Gasteiger partial charge in [0, 0.05) is 34.7 Å². The predicted octanol–water partition coefficient (Wildman–Crippen LogP) is 3.58. The number of nitrogens with zero attached hydrogens (tertiary/aromatic N) is 4. The van der Waals surface area contributed by atoms with Crippen molar-refractivity contribution in [1.82, 2.24) is 19.4 Å². The molecule has 4 heterocycles. The van der Waals surface area contributed by atoms with Gasteiger partial charge in [0.1, 0.15) is 12.0 Å². The van der Waals surface area contributed by atoms with Gasteiger partial charge in [0.25, 0.3) is 0 Å². The molecular formula is C17H10N4. The van der Waals surface area contributed by atoms with Gasteiger partial charge in [0.2, 0.25) is 0 Å². The van der Waals surface area contributed by atoms with E-state index in [0.29, 0.717) is 0 Å². The summed E-state index contributed by atoms with van der Waals surface area (Å²) in [4.78, 5) is 13.0. The highest BCUT2D eigenvalue weighted by Crippen LogP contribution is 2.31. The van der Waals surface area contributed by atoms with Crippen LogP contribution in [0.25, 0.3) is 38.1 Å². The summed E-state index contributed by atoms with van der Waals surface area (Å²) < 4.78 is 2.05. The molecule has 4 aromatic heterocycles. The summed E-state index contributed by atoms with van der Waals surface area (Å²) >= 11 is 0. The molecule has 0 N–H and O–H groups in total. The zero-order valence-corrected chi connectivity index (χ0v) is 11.1. The Kier molecular flexibility index (Phi) is 1.92. The molecule has 0 fully saturated rings. The molecule has 0 saturated heterocycles. The Bertz CT molecular complexity index is 1140. The first-order valence-electron chi connectivity index (χ1n) is 6.78. The number of hydrogen-bond acceptors (Lipinski definition) is 3. The summed E-state index contributed by atoms with van der Waals surface area (Å²) in [5.41, 5.74) is 2.01. The molecule has 21 heavy (non-hydrogen) atoms. The topological polar surface area (TPSA) is 43.1 Å². The molecule has 0 aliphatic rings. The van der Waals surface area contributed by atoms with Crippen LogP contribution in [0.3, 0.4) is 0 Å². The largest absolute Gasteiger partial charge is 0.282 e. The Morgan fingerprint density at radius 2 is 1.76 bits per heavy atom. The highest BCUT2D eigenvalue weighted by atomic mass is 15.0. The first-order chi connectivity index (χ1) is 10.4. The van der Waals surface area contributed by atoms with E-state index in [1.54, 1.807) is 0 Å². The lowest BCUT2D eigenvalue weighted by Gasteiger charge is -2.08. The zero-order chi connectivity index (χ0) is 13.8. The standard InChI is InChI=1S/C17H10N4/c1-2-13-14-7-12-8-18-5-3-11(12)6-15(14)16-9-19-10-21(16)17(13)20-4-1/h1-10H. The molecule has 4 nitrogen and oxygen atoms in total. The van der Waals surface area contributed by atoms with E-state index in [1.165, 1.54) is 16.2 Å². The molecule has 0 bridgehead atoms. The molecular weight excluding hydrogens is 260 g/mol. The molecule has 0 radical (unpaired) electrons. The van der Waals surface area contributed by atoms with Crippen LogP contribution < -0.4 is 0 Å². The molecule has 0 amide bonds. The predicted molar refractivity (Wildman–Crippen MR) is 83.3 cm³/mol. The van der Waals surface area contributed by atoms with Gasteiger partial charge in [-0.2, -0.15) is 0 Å². The molecule has 0 atom stereocenters. The van der Waals surface area contributed by atoms with E-state index < -0.39 is 0 Å². The maximum absolute atomic E-state index is 4.52. The van der Waals surface area contributed by atoms with Gasteiger partial charge in [0.05, 0.1) is 11.7 Å². The quantitative estimate of drug-likeness (QED) is 0.319. The molecule has 0 unspecified atom stereocenters. The van der Waals surface area contributed by atoms with Crippen molar-refractivity contribution < 1.29 is 0 Å². The number of imidazole rings is 1. The molecule has 0 saturated carbocycles. The third kappa shape index (κ3) is 1.36. The minimum Gasteiger partial charge on any atom is -0.282 e. The third-order valence-corrected chi connectivity index (χ3v) is 4.00. The molecule has 0 spiro atoms. The molecule has 5 aromatic rings. The van der Waals surface area contributed by atoms with Crippen molar-refractivity contribution in [3.63, 3.8) is 0 Å². The second-order valence-electron chi connectivity index (χ2n) is 5.14. The average molecular weight is 270 g/mol. The van der Waals surface area contributed by atoms with Gasteiger partial charge in [-0.05, 0) is 41.1 Å². The van der Waals surface area contributed by atoms with Crippen LogP contribution in [0.4, 0.5) is 0 Å². The first kappa shape index (κ1) is 10.7. The maximum atomic E-state index is 4.52. The zero-order valence-electron chi connectivity index (χ0n) is 11.1. The van der Waals surface area contributed by atoms with Crippen LogP contribution in [0, 0.1) is 0 Å². The van der Waals surface area contributed by atoms with Crippen molar-refractivity contribution in [2.75, 3.05) is 0 Å². The Hall–Kier alpha value is -3.01. The molecule has 98 valence electrons. The van der Waals surface area contributed by atoms with Crippen molar-refractivity contribution in [2.45, 2.75) is 0 Å². The van der Waals surface area contributed by atoms with E-state index in [9.17, 15) is 0 Å². The lowest BCUT2D eigenvalue weighted by atomic mass is 10.0. The monoisotopic (exact) mass is 270 g/mol. The molecule has 5 rings (SSSR count). The summed E-state index contributed by atoms with van der Waals surface area (Å²) in [6.07, 6.45) is 9.25. The lowest BCUT2D eigenvalue weighted by Crippen LogP contribution is -1.92. The van der Waals surface area contributed by atoms with Gasteiger partial charge in [-0.3, -0.25) is 9.38 Å². The van der Waals surface area contributed by atoms with E-state index in [0.717, 1.165) is 21.9 Å². The van der Waals surface area contributed by atoms with Crippen LogP contribution in [0.5, 0.6) is 0 Å². The number of benzene rings is 1. The smallest absolute Gasteiger partial charge is 0.146 e. The first-order valence-corrected chi connectivity index (χ1v) is 6.78. The highest BCUT2D eigenvalue weighted by Gasteiger charge is 2.10. The van der Waals surface area contributed by atoms with Crippen LogP contribution in [0.15, 0.2) is 61.4 Å². The normalized spacial score (nSPS) is 11.8. The van der Waals surface area contributed by atoms with Gasteiger partial charge in [0.15, 0.2) is 0 Å². The number of hydrogen-bond donors (Lipinski definition) is 0. The van der Waals surface area contributed by atoms with Gasteiger partial charge in [-0.25, -0.2) is 9.97 Å². The third-order valence-electron chi connectivity index (χ3n) is 4.00. The number of pyridine rings is 3. The van der Waals surface area contributed by atoms with Crippen LogP contribution in [-0.4, -0.2) is 19.4 Å². The van der Waals surface area contributed by atoms with E-state index in [4.69, 9.17) is 0 Å². The van der Waals surface area contributed by atoms with Crippen molar-refractivity contribution in [3.05, 3.63) is 61.4 Å². The maximum Gasteiger partial charge on any atom is 0.146 e. The average Bonchev–Trinajstić information content (AvgIpc) is 3.03. The Morgan fingerprint density at radius 1 is 0.810 bits per heavy atom. The van der Waals surface area contributed by atoms with Gasteiger partial charge < -0.3 is 0 Å². The van der Waals surface area contributed by atoms with E-state index in [2.05, 4.69) is 33.2 Å². The second-order valence-corrected chi connectivity index (χ2v) is 5.14. The van der Waals surface area contributed by atoms with Gasteiger partial charge in [-0.1, -0.05) is 0 Å². The number of fused-ring (bicyclic) bond motifs is 7. The van der Waals surface area contributed by atoms with Crippen molar-refractivity contribution in [1.29, 1.82) is 0 Å². The summed E-state index contributed by atoms with van der Waals surface area (Å²) in [6.45, 7) is 0. The van der Waals surface area contributed by atoms with Crippen molar-refractivity contribution in [3.8, 4) is 0 Å². The SMILES string of the molecule is c1cnc2c(c1)c1cc3cnccc3cc1c1cncn12. The van der Waals surface area contributed by atoms with Crippen molar-refractivity contribution in [2.24, 2.45) is 0 Å². The Morgan fingerprint density at radius 3 is 2.76 bits per heavy atom. The molecule has 0 aliphatic carbocycles. The molecule has 4 heteroatoms. The van der Waals surface area contributed by atoms with Gasteiger partial charge in [-0.15, -0.1) is 0 Å². The lowest BCUT2D eigenvalue weighted by molar-refractivity contribution is 1.17. The fourth-order valence-electron chi connectivity index (χ4n) is 3.03. The highest BCUT2D eigenvalue weighted by molar-refractivity contribution is 6.15. The minimum absolute atomic E-state index is 0.931. The number of rotatable bonds is 0. The Balaban J connectivity index is 2.18. The van der Waals surface area contributed by atoms with E-state index in [-0.39, 0.29) is 0 Å². The fraction of sp³-hybridized carbons (Fsp3) is 0. The fourth-order valence-corrected chi connectivity index (χ4v) is 3.03. The minimum atomic E-state index is 0.931. The van der Waals surface area contributed by atoms with E-state index >= 15 is 0 Å². The van der Waals surface area contributed by atoms with Crippen LogP contribution in [0.1, 0.15) is 0 Å². The Labute approximate surface area is 119 Å². The second kappa shape index (κ2) is 3.76. The van der Waals surface area contributed by atoms with Crippen LogP contribution >= 0.6 is 0 Å². The summed E-state index contributed by atoms with van der Waals surface area (Å²) in [6, 6.07) is 10.5. The van der Waals surface area contributed by atoms with Crippen LogP contribution in [-0.2, 0) is 0 Å². The van der Waals surface area contributed by atoms with Crippen molar-refractivity contribution >= 4 is 38.1 Å². The number of aromatic nitrogens is 4. The van der Waals surface area contributed by atoms with Crippen LogP contribution in [0.2, 0.25) is 0 Å².